The molecule has 5 heteroatoms. The van der Waals surface area contributed by atoms with E-state index in [1.54, 1.807) is 11.3 Å². The van der Waals surface area contributed by atoms with E-state index in [-0.39, 0.29) is 0 Å². The van der Waals surface area contributed by atoms with Gasteiger partial charge in [0.15, 0.2) is 17.5 Å². The van der Waals surface area contributed by atoms with E-state index in [4.69, 9.17) is 19.4 Å². The van der Waals surface area contributed by atoms with Crippen molar-refractivity contribution >= 4 is 75.0 Å². The minimum Gasteiger partial charge on any atom is -0.456 e. The van der Waals surface area contributed by atoms with Crippen molar-refractivity contribution in [1.29, 1.82) is 0 Å². The van der Waals surface area contributed by atoms with Crippen molar-refractivity contribution in [3.63, 3.8) is 0 Å². The molecule has 298 valence electrons. The number of hydrogen-bond donors (Lipinski definition) is 0. The monoisotopic (exact) mass is 833 g/mol. The molecular formula is C59H35N3OS. The fourth-order valence-electron chi connectivity index (χ4n) is 9.42. The number of fused-ring (bicyclic) bond motifs is 8. The number of aromatic nitrogens is 3. The van der Waals surface area contributed by atoms with E-state index in [0.717, 1.165) is 82.8 Å². The number of rotatable bonds is 6. The summed E-state index contributed by atoms with van der Waals surface area (Å²) in [5, 5.41) is 9.33. The summed E-state index contributed by atoms with van der Waals surface area (Å²) in [4.78, 5) is 15.8. The molecule has 0 bridgehead atoms. The summed E-state index contributed by atoms with van der Waals surface area (Å²) in [5.41, 5.74) is 11.5. The van der Waals surface area contributed by atoms with Gasteiger partial charge in [0.25, 0.3) is 0 Å². The lowest BCUT2D eigenvalue weighted by atomic mass is 9.92. The van der Waals surface area contributed by atoms with Crippen molar-refractivity contribution in [2.24, 2.45) is 0 Å². The normalized spacial score (nSPS) is 11.8. The Labute approximate surface area is 372 Å². The first-order chi connectivity index (χ1) is 31.7. The second kappa shape index (κ2) is 14.7. The lowest BCUT2D eigenvalue weighted by Crippen LogP contribution is -2.01. The molecule has 0 fully saturated rings. The van der Waals surface area contributed by atoms with E-state index in [9.17, 15) is 0 Å². The predicted octanol–water partition coefficient (Wildman–Crippen LogP) is 16.4. The zero-order valence-electron chi connectivity index (χ0n) is 34.4. The van der Waals surface area contributed by atoms with Gasteiger partial charge in [-0.1, -0.05) is 176 Å². The molecule has 4 nitrogen and oxygen atoms in total. The molecular weight excluding hydrogens is 799 g/mol. The summed E-state index contributed by atoms with van der Waals surface area (Å²) in [7, 11) is 0. The zero-order valence-corrected chi connectivity index (χ0v) is 35.2. The molecule has 3 heterocycles. The molecule has 0 radical (unpaired) electrons. The highest BCUT2D eigenvalue weighted by Crippen LogP contribution is 2.43. The van der Waals surface area contributed by atoms with Crippen LogP contribution in [0.15, 0.2) is 217 Å². The van der Waals surface area contributed by atoms with Crippen molar-refractivity contribution in [1.82, 2.24) is 15.0 Å². The van der Waals surface area contributed by atoms with Crippen molar-refractivity contribution < 1.29 is 4.42 Å². The molecule has 0 aliphatic carbocycles. The van der Waals surface area contributed by atoms with E-state index < -0.39 is 0 Å². The zero-order chi connectivity index (χ0) is 42.1. The van der Waals surface area contributed by atoms with Crippen molar-refractivity contribution in [2.75, 3.05) is 0 Å². The molecule has 0 unspecified atom stereocenters. The van der Waals surface area contributed by atoms with Gasteiger partial charge < -0.3 is 4.42 Å². The number of furan rings is 1. The first-order valence-electron chi connectivity index (χ1n) is 21.5. The maximum Gasteiger partial charge on any atom is 0.164 e. The van der Waals surface area contributed by atoms with Crippen molar-refractivity contribution in [3.8, 4) is 67.5 Å². The van der Waals surface area contributed by atoms with Crippen LogP contribution in [0.3, 0.4) is 0 Å². The number of hydrogen-bond acceptors (Lipinski definition) is 5. The average molecular weight is 834 g/mol. The quantitative estimate of drug-likeness (QED) is 0.167. The Balaban J connectivity index is 0.959. The molecule has 13 rings (SSSR count). The molecule has 3 aromatic heterocycles. The fraction of sp³-hybridized carbons (Fsp3) is 0. The van der Waals surface area contributed by atoms with E-state index in [2.05, 4.69) is 212 Å². The molecule has 0 aliphatic heterocycles. The van der Waals surface area contributed by atoms with Crippen LogP contribution in [-0.4, -0.2) is 15.0 Å². The van der Waals surface area contributed by atoms with E-state index >= 15 is 0 Å². The first kappa shape index (κ1) is 36.4. The highest BCUT2D eigenvalue weighted by atomic mass is 32.1. The van der Waals surface area contributed by atoms with Crippen LogP contribution < -0.4 is 0 Å². The maximum atomic E-state index is 6.44. The molecule has 0 saturated heterocycles. The van der Waals surface area contributed by atoms with Gasteiger partial charge in [-0.25, -0.2) is 15.0 Å². The summed E-state index contributed by atoms with van der Waals surface area (Å²) >= 11 is 1.80. The minimum absolute atomic E-state index is 0.625. The summed E-state index contributed by atoms with van der Waals surface area (Å²) in [6, 6.07) is 75.2. The van der Waals surface area contributed by atoms with Crippen LogP contribution in [0, 0.1) is 0 Å². The third-order valence-corrected chi connectivity index (χ3v) is 13.6. The van der Waals surface area contributed by atoms with E-state index in [0.29, 0.717) is 17.5 Å². The lowest BCUT2D eigenvalue weighted by molar-refractivity contribution is 0.669. The molecule has 0 aliphatic rings. The smallest absolute Gasteiger partial charge is 0.164 e. The Morgan fingerprint density at radius 2 is 0.859 bits per heavy atom. The lowest BCUT2D eigenvalue weighted by Gasteiger charge is -2.14. The van der Waals surface area contributed by atoms with Gasteiger partial charge in [-0.15, -0.1) is 11.3 Å². The Bertz CT molecular complexity index is 3960. The summed E-state index contributed by atoms with van der Waals surface area (Å²) in [5.74, 6) is 1.90. The van der Waals surface area contributed by atoms with Crippen LogP contribution in [0.1, 0.15) is 0 Å². The summed E-state index contributed by atoms with van der Waals surface area (Å²) < 4.78 is 8.84. The third kappa shape index (κ3) is 6.09. The average Bonchev–Trinajstić information content (AvgIpc) is 3.92. The first-order valence-corrected chi connectivity index (χ1v) is 22.3. The van der Waals surface area contributed by atoms with Gasteiger partial charge in [0.1, 0.15) is 11.2 Å². The van der Waals surface area contributed by atoms with E-state index in [1.165, 1.54) is 30.9 Å². The molecule has 0 N–H and O–H groups in total. The molecule has 10 aromatic carbocycles. The standard InChI is InChI=1S/C59H35N3OS/c1-3-13-36(14-4-1)45-28-26-42(32-50(45)38-15-5-2-6-16-38)57-60-58(62-59(61-57)49-23-11-20-37-17-9-10-21-44(37)49)43-27-30-48-47-29-25-41(34-54(47)64-55(48)35-43)46-22-12-24-52-56(46)51-31-39-18-7-8-19-40(39)33-53(51)63-52/h1-35H. The minimum atomic E-state index is 0.625. The third-order valence-electron chi connectivity index (χ3n) is 12.5. The van der Waals surface area contributed by atoms with Crippen LogP contribution in [-0.2, 0) is 0 Å². The van der Waals surface area contributed by atoms with Gasteiger partial charge in [-0.05, 0) is 91.3 Å². The second-order valence-electron chi connectivity index (χ2n) is 16.3. The molecule has 0 saturated carbocycles. The number of benzene rings is 10. The molecule has 13 aromatic rings. The van der Waals surface area contributed by atoms with Crippen LogP contribution in [0.4, 0.5) is 0 Å². The summed E-state index contributed by atoms with van der Waals surface area (Å²) in [6.07, 6.45) is 0. The largest absolute Gasteiger partial charge is 0.456 e. The van der Waals surface area contributed by atoms with Crippen LogP contribution in [0.25, 0.3) is 131 Å². The van der Waals surface area contributed by atoms with Gasteiger partial charge in [-0.2, -0.15) is 0 Å². The van der Waals surface area contributed by atoms with E-state index in [1.807, 2.05) is 0 Å². The van der Waals surface area contributed by atoms with Gasteiger partial charge in [0.2, 0.25) is 0 Å². The van der Waals surface area contributed by atoms with Gasteiger partial charge >= 0.3 is 0 Å². The van der Waals surface area contributed by atoms with Gasteiger partial charge in [-0.3, -0.25) is 0 Å². The van der Waals surface area contributed by atoms with Crippen LogP contribution in [0.2, 0.25) is 0 Å². The number of thiophene rings is 1. The summed E-state index contributed by atoms with van der Waals surface area (Å²) in [6.45, 7) is 0. The predicted molar refractivity (Wildman–Crippen MR) is 268 cm³/mol. The molecule has 64 heavy (non-hydrogen) atoms. The topological polar surface area (TPSA) is 51.8 Å². The fourth-order valence-corrected chi connectivity index (χ4v) is 10.6. The molecule has 0 spiro atoms. The van der Waals surface area contributed by atoms with Crippen molar-refractivity contribution in [2.45, 2.75) is 0 Å². The van der Waals surface area contributed by atoms with Gasteiger partial charge in [0.05, 0.1) is 0 Å². The number of nitrogens with zero attached hydrogens (tertiary/aromatic N) is 3. The molecule has 0 amide bonds. The Hall–Kier alpha value is -8.25. The highest BCUT2D eigenvalue weighted by Gasteiger charge is 2.19. The van der Waals surface area contributed by atoms with Crippen LogP contribution in [0.5, 0.6) is 0 Å². The Kier molecular flexibility index (Phi) is 8.36. The van der Waals surface area contributed by atoms with Crippen LogP contribution >= 0.6 is 11.3 Å². The maximum absolute atomic E-state index is 6.44. The SMILES string of the molecule is c1ccc(-c2ccc(-c3nc(-c4ccc5c(c4)sc4cc(-c6cccc7oc8cc9ccccc9cc8c67)ccc45)nc(-c4cccc5ccccc45)n3)cc2-c2ccccc2)cc1. The molecule has 0 atom stereocenters. The Morgan fingerprint density at radius 3 is 1.62 bits per heavy atom. The highest BCUT2D eigenvalue weighted by molar-refractivity contribution is 7.25. The second-order valence-corrected chi connectivity index (χ2v) is 17.4. The van der Waals surface area contributed by atoms with Gasteiger partial charge in [0, 0.05) is 47.6 Å². The Morgan fingerprint density at radius 1 is 0.297 bits per heavy atom. The van der Waals surface area contributed by atoms with Crippen molar-refractivity contribution in [3.05, 3.63) is 212 Å².